The van der Waals surface area contributed by atoms with E-state index in [1.807, 2.05) is 42.5 Å². The van der Waals surface area contributed by atoms with E-state index >= 15 is 0 Å². The summed E-state index contributed by atoms with van der Waals surface area (Å²) in [5.41, 5.74) is 2.12. The number of nitrogens with zero attached hydrogens (tertiary/aromatic N) is 1. The van der Waals surface area contributed by atoms with Gasteiger partial charge < -0.3 is 9.73 Å². The van der Waals surface area contributed by atoms with E-state index < -0.39 is 0 Å². The molecule has 3 aromatic rings. The van der Waals surface area contributed by atoms with E-state index in [0.29, 0.717) is 0 Å². The highest BCUT2D eigenvalue weighted by Gasteiger charge is 2.16. The molecule has 2 heterocycles. The summed E-state index contributed by atoms with van der Waals surface area (Å²) in [4.78, 5) is 4.12. The van der Waals surface area contributed by atoms with Crippen LogP contribution in [0.4, 0.5) is 5.69 Å². The predicted octanol–water partition coefficient (Wildman–Crippen LogP) is 3.88. The Hall–Kier alpha value is -2.55. The molecule has 0 aliphatic rings. The normalized spacial score (nSPS) is 12.0. The first-order valence-electron chi connectivity index (χ1n) is 6.18. The average molecular weight is 250 g/mol. The first-order chi connectivity index (χ1) is 9.43. The predicted molar refractivity (Wildman–Crippen MR) is 74.9 cm³/mol. The summed E-state index contributed by atoms with van der Waals surface area (Å²) in [6.07, 6.45) is 5.25. The summed E-state index contributed by atoms with van der Waals surface area (Å²) in [6, 6.07) is 18.0. The number of furan rings is 1. The first kappa shape index (κ1) is 11.5. The third-order valence-corrected chi connectivity index (χ3v) is 2.93. The van der Waals surface area contributed by atoms with Crippen molar-refractivity contribution in [2.24, 2.45) is 0 Å². The number of aromatic nitrogens is 1. The SMILES string of the molecule is c1ccc(C(Nc2cccnc2)c2ccco2)cc1. The quantitative estimate of drug-likeness (QED) is 0.763. The third-order valence-electron chi connectivity index (χ3n) is 2.93. The minimum absolute atomic E-state index is 0.0135. The van der Waals surface area contributed by atoms with Gasteiger partial charge in [-0.3, -0.25) is 4.98 Å². The number of anilines is 1. The summed E-state index contributed by atoms with van der Waals surface area (Å²) < 4.78 is 5.54. The minimum Gasteiger partial charge on any atom is -0.467 e. The Morgan fingerprint density at radius 2 is 1.84 bits per heavy atom. The van der Waals surface area contributed by atoms with E-state index in [-0.39, 0.29) is 6.04 Å². The number of nitrogens with one attached hydrogen (secondary N) is 1. The van der Waals surface area contributed by atoms with Crippen LogP contribution in [-0.4, -0.2) is 4.98 Å². The Kier molecular flexibility index (Phi) is 3.28. The summed E-state index contributed by atoms with van der Waals surface area (Å²) in [7, 11) is 0. The zero-order valence-electron chi connectivity index (χ0n) is 10.4. The molecule has 1 atom stereocenters. The van der Waals surface area contributed by atoms with Crippen LogP contribution in [0.1, 0.15) is 17.4 Å². The Morgan fingerprint density at radius 3 is 2.53 bits per heavy atom. The van der Waals surface area contributed by atoms with Crippen molar-refractivity contribution in [2.45, 2.75) is 6.04 Å². The van der Waals surface area contributed by atoms with Gasteiger partial charge in [-0.05, 0) is 29.8 Å². The van der Waals surface area contributed by atoms with Crippen LogP contribution in [0.25, 0.3) is 0 Å². The van der Waals surface area contributed by atoms with Gasteiger partial charge in [-0.15, -0.1) is 0 Å². The molecule has 0 saturated heterocycles. The zero-order chi connectivity index (χ0) is 12.9. The van der Waals surface area contributed by atoms with E-state index in [1.54, 1.807) is 18.7 Å². The Balaban J connectivity index is 1.94. The molecule has 1 unspecified atom stereocenters. The molecule has 0 saturated carbocycles. The van der Waals surface area contributed by atoms with E-state index in [2.05, 4.69) is 22.4 Å². The molecule has 3 nitrogen and oxygen atoms in total. The second-order valence-corrected chi connectivity index (χ2v) is 4.25. The molecule has 0 amide bonds. The van der Waals surface area contributed by atoms with Crippen molar-refractivity contribution in [3.63, 3.8) is 0 Å². The lowest BCUT2D eigenvalue weighted by Gasteiger charge is -2.18. The smallest absolute Gasteiger partial charge is 0.130 e. The molecule has 19 heavy (non-hydrogen) atoms. The van der Waals surface area contributed by atoms with Crippen LogP contribution < -0.4 is 5.32 Å². The van der Waals surface area contributed by atoms with Gasteiger partial charge in [0, 0.05) is 12.4 Å². The van der Waals surface area contributed by atoms with Gasteiger partial charge in [-0.1, -0.05) is 30.3 Å². The molecule has 0 radical (unpaired) electrons. The third kappa shape index (κ3) is 2.65. The van der Waals surface area contributed by atoms with Gasteiger partial charge in [0.15, 0.2) is 0 Å². The van der Waals surface area contributed by atoms with Crippen molar-refractivity contribution in [2.75, 3.05) is 5.32 Å². The Labute approximate surface area is 111 Å². The summed E-state index contributed by atoms with van der Waals surface area (Å²) in [5.74, 6) is 0.884. The maximum Gasteiger partial charge on any atom is 0.130 e. The second-order valence-electron chi connectivity index (χ2n) is 4.25. The molecular weight excluding hydrogens is 236 g/mol. The standard InChI is InChI=1S/C16H14N2O/c1-2-6-13(7-3-1)16(15-9-5-11-19-15)18-14-8-4-10-17-12-14/h1-12,16,18H. The molecule has 2 aromatic heterocycles. The van der Waals surface area contributed by atoms with Crippen molar-refractivity contribution in [1.82, 2.24) is 4.98 Å². The first-order valence-corrected chi connectivity index (χ1v) is 6.18. The van der Waals surface area contributed by atoms with Crippen LogP contribution in [0.15, 0.2) is 77.7 Å². The Morgan fingerprint density at radius 1 is 0.947 bits per heavy atom. The average Bonchev–Trinajstić information content (AvgIpc) is 3.01. The summed E-state index contributed by atoms with van der Waals surface area (Å²) in [5, 5.41) is 3.44. The van der Waals surface area contributed by atoms with Crippen molar-refractivity contribution in [1.29, 1.82) is 0 Å². The fraction of sp³-hybridized carbons (Fsp3) is 0.0625. The minimum atomic E-state index is -0.0135. The lowest BCUT2D eigenvalue weighted by atomic mass is 10.0. The number of hydrogen-bond donors (Lipinski definition) is 1. The van der Waals surface area contributed by atoms with Gasteiger partial charge in [0.2, 0.25) is 0 Å². The van der Waals surface area contributed by atoms with Gasteiger partial charge in [-0.25, -0.2) is 0 Å². The van der Waals surface area contributed by atoms with Gasteiger partial charge in [-0.2, -0.15) is 0 Å². The monoisotopic (exact) mass is 250 g/mol. The summed E-state index contributed by atoms with van der Waals surface area (Å²) >= 11 is 0. The molecule has 0 aliphatic heterocycles. The van der Waals surface area contributed by atoms with Crippen molar-refractivity contribution in [3.05, 3.63) is 84.6 Å². The second kappa shape index (κ2) is 5.40. The highest BCUT2D eigenvalue weighted by Crippen LogP contribution is 2.26. The largest absolute Gasteiger partial charge is 0.467 e. The van der Waals surface area contributed by atoms with E-state index in [1.165, 1.54) is 0 Å². The molecular formula is C16H14N2O. The molecule has 0 aliphatic carbocycles. The maximum absolute atomic E-state index is 5.54. The molecule has 0 spiro atoms. The molecule has 3 rings (SSSR count). The fourth-order valence-corrected chi connectivity index (χ4v) is 2.03. The van der Waals surface area contributed by atoms with Gasteiger partial charge in [0.25, 0.3) is 0 Å². The van der Waals surface area contributed by atoms with Crippen LogP contribution in [0.5, 0.6) is 0 Å². The zero-order valence-corrected chi connectivity index (χ0v) is 10.4. The number of benzene rings is 1. The highest BCUT2D eigenvalue weighted by atomic mass is 16.3. The number of pyridine rings is 1. The van der Waals surface area contributed by atoms with Gasteiger partial charge in [0.1, 0.15) is 11.8 Å². The van der Waals surface area contributed by atoms with Crippen LogP contribution in [-0.2, 0) is 0 Å². The van der Waals surface area contributed by atoms with Crippen LogP contribution >= 0.6 is 0 Å². The van der Waals surface area contributed by atoms with Crippen molar-refractivity contribution in [3.8, 4) is 0 Å². The van der Waals surface area contributed by atoms with E-state index in [9.17, 15) is 0 Å². The fourth-order valence-electron chi connectivity index (χ4n) is 2.03. The summed E-state index contributed by atoms with van der Waals surface area (Å²) in [6.45, 7) is 0. The number of rotatable bonds is 4. The van der Waals surface area contributed by atoms with Gasteiger partial charge >= 0.3 is 0 Å². The molecule has 3 heteroatoms. The lowest BCUT2D eigenvalue weighted by molar-refractivity contribution is 0.499. The van der Waals surface area contributed by atoms with Crippen LogP contribution in [0.3, 0.4) is 0 Å². The van der Waals surface area contributed by atoms with Crippen molar-refractivity contribution < 1.29 is 4.42 Å². The molecule has 0 fully saturated rings. The molecule has 0 bridgehead atoms. The topological polar surface area (TPSA) is 38.1 Å². The molecule has 1 aromatic carbocycles. The molecule has 1 N–H and O–H groups in total. The maximum atomic E-state index is 5.54. The van der Waals surface area contributed by atoms with Gasteiger partial charge in [0.05, 0.1) is 12.0 Å². The van der Waals surface area contributed by atoms with Crippen LogP contribution in [0, 0.1) is 0 Å². The Bertz CT molecular complexity index is 606. The number of hydrogen-bond acceptors (Lipinski definition) is 3. The van der Waals surface area contributed by atoms with Crippen molar-refractivity contribution >= 4 is 5.69 Å². The van der Waals surface area contributed by atoms with E-state index in [0.717, 1.165) is 17.0 Å². The highest BCUT2D eigenvalue weighted by molar-refractivity contribution is 5.45. The molecule has 94 valence electrons. The van der Waals surface area contributed by atoms with E-state index in [4.69, 9.17) is 4.42 Å². The van der Waals surface area contributed by atoms with Crippen LogP contribution in [0.2, 0.25) is 0 Å². The lowest BCUT2D eigenvalue weighted by Crippen LogP contribution is -2.11.